The zero-order chi connectivity index (χ0) is 13.2. The van der Waals surface area contributed by atoms with Crippen molar-refractivity contribution in [2.75, 3.05) is 0 Å². The Kier molecular flexibility index (Phi) is 4.55. The number of fused-ring (bicyclic) bond motifs is 1. The number of thiophene rings is 1. The zero-order valence-corrected chi connectivity index (χ0v) is 13.7. The average Bonchev–Trinajstić information content (AvgIpc) is 2.88. The van der Waals surface area contributed by atoms with Crippen LogP contribution in [0, 0.1) is 5.92 Å². The van der Waals surface area contributed by atoms with E-state index in [1.165, 1.54) is 38.5 Å². The highest BCUT2D eigenvalue weighted by Gasteiger charge is 2.29. The molecular weight excluding hydrogens is 270 g/mol. The Morgan fingerprint density at radius 3 is 2.84 bits per heavy atom. The molecule has 3 atom stereocenters. The van der Waals surface area contributed by atoms with Crippen LogP contribution in [0.4, 0.5) is 0 Å². The second kappa shape index (κ2) is 6.19. The van der Waals surface area contributed by atoms with Crippen molar-refractivity contribution < 1.29 is 0 Å². The number of hydrogen-bond acceptors (Lipinski definition) is 3. The summed E-state index contributed by atoms with van der Waals surface area (Å²) in [7, 11) is 0. The van der Waals surface area contributed by atoms with Gasteiger partial charge in [0, 0.05) is 17.3 Å². The highest BCUT2D eigenvalue weighted by Crippen LogP contribution is 2.44. The number of thioether (sulfide) groups is 1. The minimum Gasteiger partial charge on any atom is -0.307 e. The largest absolute Gasteiger partial charge is 0.307 e. The summed E-state index contributed by atoms with van der Waals surface area (Å²) in [6.45, 7) is 4.78. The van der Waals surface area contributed by atoms with E-state index in [-0.39, 0.29) is 0 Å². The molecule has 2 unspecified atom stereocenters. The van der Waals surface area contributed by atoms with E-state index >= 15 is 0 Å². The highest BCUT2D eigenvalue weighted by molar-refractivity contribution is 8.01. The highest BCUT2D eigenvalue weighted by atomic mass is 32.2. The van der Waals surface area contributed by atoms with Gasteiger partial charge in [-0.05, 0) is 49.1 Å². The summed E-state index contributed by atoms with van der Waals surface area (Å²) >= 11 is 3.98. The van der Waals surface area contributed by atoms with Crippen molar-refractivity contribution in [3.8, 4) is 0 Å². The Labute approximate surface area is 125 Å². The Morgan fingerprint density at radius 2 is 2.05 bits per heavy atom. The lowest BCUT2D eigenvalue weighted by atomic mass is 9.84. The van der Waals surface area contributed by atoms with Crippen LogP contribution in [0.25, 0.3) is 0 Å². The summed E-state index contributed by atoms with van der Waals surface area (Å²) in [6, 6.07) is 3.60. The van der Waals surface area contributed by atoms with Gasteiger partial charge in [0.1, 0.15) is 0 Å². The molecule has 0 saturated heterocycles. The molecule has 106 valence electrons. The van der Waals surface area contributed by atoms with Crippen LogP contribution in [0.1, 0.15) is 64.0 Å². The van der Waals surface area contributed by atoms with Crippen LogP contribution in [-0.2, 0) is 0 Å². The normalized spacial score (nSPS) is 30.0. The van der Waals surface area contributed by atoms with E-state index in [1.54, 1.807) is 9.77 Å². The fourth-order valence-electron chi connectivity index (χ4n) is 3.59. The third-order valence-corrected chi connectivity index (χ3v) is 7.07. The first kappa shape index (κ1) is 14.0. The first-order valence-electron chi connectivity index (χ1n) is 7.74. The average molecular weight is 296 g/mol. The topological polar surface area (TPSA) is 12.0 Å². The molecule has 1 aromatic heterocycles. The fraction of sp³-hybridized carbons (Fsp3) is 0.750. The van der Waals surface area contributed by atoms with Crippen LogP contribution >= 0.6 is 23.1 Å². The Bertz CT molecular complexity index is 409. The lowest BCUT2D eigenvalue weighted by Gasteiger charge is -2.34. The molecule has 1 aliphatic heterocycles. The Balaban J connectivity index is 1.66. The summed E-state index contributed by atoms with van der Waals surface area (Å²) < 4.78 is 1.55. The van der Waals surface area contributed by atoms with E-state index in [0.717, 1.165) is 11.2 Å². The number of nitrogens with one attached hydrogen (secondary N) is 1. The van der Waals surface area contributed by atoms with Gasteiger partial charge in [0.15, 0.2) is 0 Å². The van der Waals surface area contributed by atoms with Crippen LogP contribution in [0.2, 0.25) is 0 Å². The van der Waals surface area contributed by atoms with Crippen molar-refractivity contribution in [2.24, 2.45) is 5.92 Å². The zero-order valence-electron chi connectivity index (χ0n) is 12.0. The molecule has 1 fully saturated rings. The molecule has 1 N–H and O–H groups in total. The van der Waals surface area contributed by atoms with Crippen LogP contribution in [0.3, 0.4) is 0 Å². The summed E-state index contributed by atoms with van der Waals surface area (Å²) in [5.74, 6) is 0.903. The van der Waals surface area contributed by atoms with Crippen molar-refractivity contribution in [1.82, 2.24) is 5.32 Å². The molecule has 19 heavy (non-hydrogen) atoms. The smallest absolute Gasteiger partial charge is 0.0649 e. The minimum absolute atomic E-state index is 0.592. The Morgan fingerprint density at radius 1 is 1.26 bits per heavy atom. The molecule has 0 spiro atoms. The Hall–Kier alpha value is 0.0100. The molecule has 1 saturated carbocycles. The standard InChI is InChI=1S/C16H25NS2/c1-11-10-15(14-8-9-18-16(14)19-11)17-12(2)13-6-4-3-5-7-13/h8-9,11-13,15,17H,3-7,10H2,1-2H3/t11-,12?,15?/m0/s1. The van der Waals surface area contributed by atoms with Gasteiger partial charge < -0.3 is 5.32 Å². The van der Waals surface area contributed by atoms with E-state index in [2.05, 4.69) is 42.4 Å². The second-order valence-corrected chi connectivity index (χ2v) is 8.86. The molecule has 1 aromatic rings. The second-order valence-electron chi connectivity index (χ2n) is 6.23. The summed E-state index contributed by atoms with van der Waals surface area (Å²) in [5, 5.41) is 6.97. The molecule has 1 nitrogen and oxygen atoms in total. The quantitative estimate of drug-likeness (QED) is 0.819. The maximum Gasteiger partial charge on any atom is 0.0649 e. The first-order valence-corrected chi connectivity index (χ1v) is 9.50. The van der Waals surface area contributed by atoms with E-state index in [4.69, 9.17) is 0 Å². The van der Waals surface area contributed by atoms with E-state index < -0.39 is 0 Å². The van der Waals surface area contributed by atoms with Crippen LogP contribution in [-0.4, -0.2) is 11.3 Å². The minimum atomic E-state index is 0.592. The molecule has 3 rings (SSSR count). The molecule has 2 aliphatic rings. The van der Waals surface area contributed by atoms with Crippen molar-refractivity contribution in [3.63, 3.8) is 0 Å². The van der Waals surface area contributed by atoms with Crippen molar-refractivity contribution >= 4 is 23.1 Å². The summed E-state index contributed by atoms with van der Waals surface area (Å²) in [6.07, 6.45) is 8.48. The molecule has 0 amide bonds. The SMILES string of the molecule is CC(NC1C[C@H](C)Sc2sccc21)C1CCCCC1. The molecular formula is C16H25NS2. The summed E-state index contributed by atoms with van der Waals surface area (Å²) in [5.41, 5.74) is 1.57. The van der Waals surface area contributed by atoms with Gasteiger partial charge in [-0.25, -0.2) is 0 Å². The third kappa shape index (κ3) is 3.20. The van der Waals surface area contributed by atoms with E-state index in [1.807, 2.05) is 11.3 Å². The monoisotopic (exact) mass is 295 g/mol. The van der Waals surface area contributed by atoms with Gasteiger partial charge in [-0.2, -0.15) is 0 Å². The van der Waals surface area contributed by atoms with Crippen LogP contribution in [0.5, 0.6) is 0 Å². The fourth-order valence-corrected chi connectivity index (χ4v) is 6.16. The number of hydrogen-bond donors (Lipinski definition) is 1. The van der Waals surface area contributed by atoms with Gasteiger partial charge in [0.25, 0.3) is 0 Å². The van der Waals surface area contributed by atoms with Crippen LogP contribution in [0.15, 0.2) is 15.7 Å². The molecule has 1 aliphatic carbocycles. The maximum atomic E-state index is 3.95. The van der Waals surface area contributed by atoms with Gasteiger partial charge in [-0.3, -0.25) is 0 Å². The molecule has 2 heterocycles. The maximum absolute atomic E-state index is 3.95. The van der Waals surface area contributed by atoms with Gasteiger partial charge in [-0.15, -0.1) is 23.1 Å². The van der Waals surface area contributed by atoms with E-state index in [9.17, 15) is 0 Å². The van der Waals surface area contributed by atoms with Crippen molar-refractivity contribution in [3.05, 3.63) is 17.0 Å². The summed E-state index contributed by atoms with van der Waals surface area (Å²) in [4.78, 5) is 0. The van der Waals surface area contributed by atoms with Gasteiger partial charge in [0.05, 0.1) is 4.21 Å². The van der Waals surface area contributed by atoms with Gasteiger partial charge in [-0.1, -0.05) is 26.2 Å². The third-order valence-electron chi connectivity index (χ3n) is 4.73. The molecule has 0 radical (unpaired) electrons. The van der Waals surface area contributed by atoms with Gasteiger partial charge in [0.2, 0.25) is 0 Å². The van der Waals surface area contributed by atoms with E-state index in [0.29, 0.717) is 12.1 Å². The predicted molar refractivity (Wildman–Crippen MR) is 86.2 cm³/mol. The lowest BCUT2D eigenvalue weighted by Crippen LogP contribution is -2.39. The predicted octanol–water partition coefficient (Wildman–Crippen LogP) is 5.23. The van der Waals surface area contributed by atoms with Crippen molar-refractivity contribution in [2.45, 2.75) is 73.9 Å². The molecule has 0 aromatic carbocycles. The molecule has 3 heteroatoms. The van der Waals surface area contributed by atoms with Crippen LogP contribution < -0.4 is 5.32 Å². The first-order chi connectivity index (χ1) is 9.24. The van der Waals surface area contributed by atoms with Crippen molar-refractivity contribution in [1.29, 1.82) is 0 Å². The molecule has 0 bridgehead atoms. The van der Waals surface area contributed by atoms with Gasteiger partial charge >= 0.3 is 0 Å². The lowest BCUT2D eigenvalue weighted by molar-refractivity contribution is 0.259. The number of rotatable bonds is 3.